The van der Waals surface area contributed by atoms with Gasteiger partial charge >= 0.3 is 5.97 Å². The third-order valence-corrected chi connectivity index (χ3v) is 3.70. The maximum absolute atomic E-state index is 10.9. The highest BCUT2D eigenvalue weighted by atomic mass is 79.9. The normalized spacial score (nSPS) is 19.3. The van der Waals surface area contributed by atoms with Gasteiger partial charge in [-0.1, -0.05) is 0 Å². The molecule has 4 nitrogen and oxygen atoms in total. The van der Waals surface area contributed by atoms with Gasteiger partial charge in [0.2, 0.25) is 0 Å². The Balaban J connectivity index is 2.21. The van der Waals surface area contributed by atoms with E-state index in [1.807, 2.05) is 19.2 Å². The zero-order valence-electron chi connectivity index (χ0n) is 9.52. The Labute approximate surface area is 108 Å². The molecule has 0 radical (unpaired) electrons. The minimum atomic E-state index is -0.921. The fourth-order valence-electron chi connectivity index (χ4n) is 1.94. The summed E-state index contributed by atoms with van der Waals surface area (Å²) >= 11 is 3.29. The van der Waals surface area contributed by atoms with E-state index in [0.717, 1.165) is 25.3 Å². The number of halogens is 1. The van der Waals surface area contributed by atoms with Gasteiger partial charge in [0.05, 0.1) is 18.2 Å². The Morgan fingerprint density at radius 1 is 1.59 bits per heavy atom. The van der Waals surface area contributed by atoms with Gasteiger partial charge in [-0.15, -0.1) is 0 Å². The minimum Gasteiger partial charge on any atom is -0.478 e. The van der Waals surface area contributed by atoms with E-state index in [1.54, 1.807) is 6.07 Å². The van der Waals surface area contributed by atoms with Crippen LogP contribution in [0.3, 0.4) is 0 Å². The van der Waals surface area contributed by atoms with Gasteiger partial charge in [0.1, 0.15) is 0 Å². The predicted molar refractivity (Wildman–Crippen MR) is 68.7 cm³/mol. The molecule has 0 amide bonds. The molecule has 17 heavy (non-hydrogen) atoms. The number of ether oxygens (including phenoxy) is 1. The van der Waals surface area contributed by atoms with Crippen LogP contribution in [0, 0.1) is 0 Å². The summed E-state index contributed by atoms with van der Waals surface area (Å²) in [5, 5.41) is 8.94. The molecule has 1 aliphatic rings. The third-order valence-electron chi connectivity index (χ3n) is 3.04. The van der Waals surface area contributed by atoms with Crippen molar-refractivity contribution >= 4 is 27.6 Å². The molecule has 0 aromatic heterocycles. The van der Waals surface area contributed by atoms with Crippen molar-refractivity contribution in [3.8, 4) is 0 Å². The van der Waals surface area contributed by atoms with Crippen LogP contribution >= 0.6 is 15.9 Å². The first-order chi connectivity index (χ1) is 8.09. The van der Waals surface area contributed by atoms with Gasteiger partial charge in [-0.05, 0) is 40.5 Å². The van der Waals surface area contributed by atoms with Crippen LogP contribution in [0.25, 0.3) is 0 Å². The van der Waals surface area contributed by atoms with Gasteiger partial charge in [-0.2, -0.15) is 0 Å². The van der Waals surface area contributed by atoms with Crippen molar-refractivity contribution in [1.82, 2.24) is 0 Å². The first-order valence-corrected chi connectivity index (χ1v) is 6.22. The highest BCUT2D eigenvalue weighted by molar-refractivity contribution is 9.10. The van der Waals surface area contributed by atoms with Gasteiger partial charge in [-0.25, -0.2) is 4.79 Å². The second-order valence-corrected chi connectivity index (χ2v) is 4.95. The number of carbonyl (C=O) groups is 1. The van der Waals surface area contributed by atoms with E-state index in [9.17, 15) is 4.79 Å². The summed E-state index contributed by atoms with van der Waals surface area (Å²) in [4.78, 5) is 13.0. The number of benzene rings is 1. The first-order valence-electron chi connectivity index (χ1n) is 5.43. The number of rotatable bonds is 3. The third kappa shape index (κ3) is 2.61. The highest BCUT2D eigenvalue weighted by Crippen LogP contribution is 2.26. The second kappa shape index (κ2) is 5.06. The molecule has 0 aliphatic carbocycles. The summed E-state index contributed by atoms with van der Waals surface area (Å²) in [5.41, 5.74) is 1.28. The van der Waals surface area contributed by atoms with Crippen LogP contribution in [0.5, 0.6) is 0 Å². The van der Waals surface area contributed by atoms with E-state index < -0.39 is 5.97 Å². The molecule has 1 aromatic carbocycles. The molecule has 1 fully saturated rings. The Hall–Kier alpha value is -1.07. The van der Waals surface area contributed by atoms with Gasteiger partial charge in [0.25, 0.3) is 0 Å². The number of carboxylic acid groups (broad SMARTS) is 1. The molecule has 0 saturated carbocycles. The summed E-state index contributed by atoms with van der Waals surface area (Å²) in [6.07, 6.45) is 1.01. The molecular formula is C12H14BrNO3. The Kier molecular flexibility index (Phi) is 3.69. The van der Waals surface area contributed by atoms with Crippen molar-refractivity contribution in [1.29, 1.82) is 0 Å². The van der Waals surface area contributed by atoms with Crippen LogP contribution in [0.2, 0.25) is 0 Å². The van der Waals surface area contributed by atoms with Crippen LogP contribution in [0.1, 0.15) is 16.8 Å². The van der Waals surface area contributed by atoms with Gasteiger partial charge in [-0.3, -0.25) is 0 Å². The van der Waals surface area contributed by atoms with E-state index >= 15 is 0 Å². The summed E-state index contributed by atoms with van der Waals surface area (Å²) in [6.45, 7) is 1.53. The molecule has 0 bridgehead atoms. The lowest BCUT2D eigenvalue weighted by molar-refractivity contribution is 0.0696. The maximum atomic E-state index is 10.9. The van der Waals surface area contributed by atoms with E-state index in [0.29, 0.717) is 10.5 Å². The van der Waals surface area contributed by atoms with Crippen LogP contribution in [0.4, 0.5) is 5.69 Å². The van der Waals surface area contributed by atoms with Crippen LogP contribution < -0.4 is 4.90 Å². The molecular weight excluding hydrogens is 286 g/mol. The van der Waals surface area contributed by atoms with E-state index in [4.69, 9.17) is 9.84 Å². The molecule has 1 N–H and O–H groups in total. The van der Waals surface area contributed by atoms with E-state index in [1.165, 1.54) is 0 Å². The summed E-state index contributed by atoms with van der Waals surface area (Å²) in [7, 11) is 2.00. The summed E-state index contributed by atoms with van der Waals surface area (Å²) in [5.74, 6) is -0.921. The molecule has 5 heteroatoms. The fraction of sp³-hybridized carbons (Fsp3) is 0.417. The number of nitrogens with zero attached hydrogens (tertiary/aromatic N) is 1. The van der Waals surface area contributed by atoms with Crippen molar-refractivity contribution in [3.63, 3.8) is 0 Å². The lowest BCUT2D eigenvalue weighted by Gasteiger charge is -2.25. The number of aromatic carboxylic acids is 1. The number of anilines is 1. The topological polar surface area (TPSA) is 49.8 Å². The quantitative estimate of drug-likeness (QED) is 0.931. The summed E-state index contributed by atoms with van der Waals surface area (Å²) < 4.78 is 5.95. The highest BCUT2D eigenvalue weighted by Gasteiger charge is 2.21. The number of hydrogen-bond donors (Lipinski definition) is 1. The number of likely N-dealkylation sites (N-methyl/N-ethyl adjacent to an activating group) is 1. The van der Waals surface area contributed by atoms with Crippen molar-refractivity contribution in [3.05, 3.63) is 28.2 Å². The van der Waals surface area contributed by atoms with Gasteiger partial charge in [0, 0.05) is 23.8 Å². The average Bonchev–Trinajstić information content (AvgIpc) is 2.80. The summed E-state index contributed by atoms with van der Waals surface area (Å²) in [6, 6.07) is 5.65. The fourth-order valence-corrected chi connectivity index (χ4v) is 2.47. The predicted octanol–water partition coefficient (Wildman–Crippen LogP) is 2.37. The monoisotopic (exact) mass is 299 g/mol. The lowest BCUT2D eigenvalue weighted by Crippen LogP contribution is -2.31. The van der Waals surface area contributed by atoms with E-state index in [2.05, 4.69) is 20.8 Å². The number of hydrogen-bond acceptors (Lipinski definition) is 3. The van der Waals surface area contributed by atoms with Gasteiger partial charge < -0.3 is 14.7 Å². The molecule has 1 unspecified atom stereocenters. The van der Waals surface area contributed by atoms with Crippen LogP contribution in [0.15, 0.2) is 22.7 Å². The Bertz CT molecular complexity index is 430. The number of carboxylic acids is 1. The van der Waals surface area contributed by atoms with Crippen molar-refractivity contribution in [2.24, 2.45) is 0 Å². The van der Waals surface area contributed by atoms with Crippen molar-refractivity contribution in [2.75, 3.05) is 25.2 Å². The zero-order chi connectivity index (χ0) is 12.4. The molecule has 0 spiro atoms. The first kappa shape index (κ1) is 12.4. The smallest absolute Gasteiger partial charge is 0.336 e. The van der Waals surface area contributed by atoms with Crippen LogP contribution in [-0.2, 0) is 4.74 Å². The molecule has 1 saturated heterocycles. The van der Waals surface area contributed by atoms with Crippen molar-refractivity contribution < 1.29 is 14.6 Å². The Morgan fingerprint density at radius 2 is 2.35 bits per heavy atom. The molecule has 2 rings (SSSR count). The molecule has 92 valence electrons. The zero-order valence-corrected chi connectivity index (χ0v) is 11.1. The second-order valence-electron chi connectivity index (χ2n) is 4.10. The molecule has 1 aromatic rings. The van der Waals surface area contributed by atoms with Gasteiger partial charge in [0.15, 0.2) is 0 Å². The Morgan fingerprint density at radius 3 is 2.88 bits per heavy atom. The standard InChI is InChI=1S/C12H14BrNO3/c1-14(9-4-5-17-7-9)8-2-3-10(12(15)16)11(13)6-8/h2-3,6,9H,4-5,7H2,1H3,(H,15,16). The largest absolute Gasteiger partial charge is 0.478 e. The maximum Gasteiger partial charge on any atom is 0.336 e. The minimum absolute atomic E-state index is 0.282. The molecule has 1 aliphatic heterocycles. The molecule has 1 atom stereocenters. The van der Waals surface area contributed by atoms with E-state index in [-0.39, 0.29) is 5.56 Å². The average molecular weight is 300 g/mol. The van der Waals surface area contributed by atoms with Crippen molar-refractivity contribution in [2.45, 2.75) is 12.5 Å². The van der Waals surface area contributed by atoms with Crippen LogP contribution in [-0.4, -0.2) is 37.4 Å². The SMILES string of the molecule is CN(c1ccc(C(=O)O)c(Br)c1)C1CCOC1. The molecule has 1 heterocycles. The lowest BCUT2D eigenvalue weighted by atomic mass is 10.1.